The second kappa shape index (κ2) is 8.46. The van der Waals surface area contributed by atoms with Crippen molar-refractivity contribution in [1.29, 1.82) is 0 Å². The third-order valence-corrected chi connectivity index (χ3v) is 6.08. The highest BCUT2D eigenvalue weighted by atomic mass is 32.1. The van der Waals surface area contributed by atoms with Gasteiger partial charge in [0.05, 0.1) is 17.7 Å². The summed E-state index contributed by atoms with van der Waals surface area (Å²) in [6.45, 7) is -0.643. The van der Waals surface area contributed by atoms with Crippen LogP contribution in [-0.4, -0.2) is 57.7 Å². The van der Waals surface area contributed by atoms with Crippen molar-refractivity contribution in [3.8, 4) is 10.4 Å². The molecule has 2 unspecified atom stereocenters. The maximum atomic E-state index is 13.9. The summed E-state index contributed by atoms with van der Waals surface area (Å²) in [6.07, 6.45) is -10.8. The maximum Gasteiger partial charge on any atom is 0.418 e. The summed E-state index contributed by atoms with van der Waals surface area (Å²) in [7, 11) is 0. The second-order valence-corrected chi connectivity index (χ2v) is 8.17. The van der Waals surface area contributed by atoms with Crippen molar-refractivity contribution in [2.24, 2.45) is 0 Å². The molecule has 5 N–H and O–H groups in total. The molecule has 32 heavy (non-hydrogen) atoms. The normalized spacial score (nSPS) is 26.4. The summed E-state index contributed by atoms with van der Waals surface area (Å²) < 4.78 is 52.0. The molecule has 0 saturated carbocycles. The van der Waals surface area contributed by atoms with E-state index in [1.54, 1.807) is 5.38 Å². The third-order valence-electron chi connectivity index (χ3n) is 5.19. The summed E-state index contributed by atoms with van der Waals surface area (Å²) in [4.78, 5) is 12.6. The van der Waals surface area contributed by atoms with Gasteiger partial charge in [0.15, 0.2) is 6.29 Å². The zero-order valence-electron chi connectivity index (χ0n) is 16.1. The average molecular weight is 473 g/mol. The Morgan fingerprint density at radius 2 is 1.88 bits per heavy atom. The summed E-state index contributed by atoms with van der Waals surface area (Å²) in [5, 5.41) is 43.3. The molecule has 0 amide bonds. The number of benzene rings is 1. The first-order valence-corrected chi connectivity index (χ1v) is 10.3. The number of aliphatic hydroxyl groups is 4. The number of anilines is 1. The smallest absolute Gasteiger partial charge is 0.418 e. The lowest BCUT2D eigenvalue weighted by atomic mass is 9.96. The standard InChI is InChI=1S/C20H18F3NO7S/c21-20(22,23)14-9-4-3-8(24-15-17(27)16(26)11(7-25)31-19(15)29)6-10(9)30-18(28)13(14)12-2-1-5-32-12/h1-6,11,15-17,19,24-27,29H,7H2/t11?,15?,16-,17-,19-/m1/s1. The molecule has 12 heteroatoms. The number of hydrogen-bond acceptors (Lipinski definition) is 9. The quantitative estimate of drug-likeness (QED) is 0.362. The molecule has 8 nitrogen and oxygen atoms in total. The van der Waals surface area contributed by atoms with E-state index < -0.39 is 60.2 Å². The van der Waals surface area contributed by atoms with Gasteiger partial charge in [0, 0.05) is 22.0 Å². The Bertz CT molecular complexity index is 1160. The summed E-state index contributed by atoms with van der Waals surface area (Å²) >= 11 is 0.975. The minimum atomic E-state index is -4.84. The van der Waals surface area contributed by atoms with E-state index in [1.165, 1.54) is 18.2 Å². The Morgan fingerprint density at radius 1 is 1.12 bits per heavy atom. The first-order chi connectivity index (χ1) is 15.1. The van der Waals surface area contributed by atoms with Crippen LogP contribution in [0.2, 0.25) is 0 Å². The zero-order valence-corrected chi connectivity index (χ0v) is 16.9. The molecule has 1 saturated heterocycles. The number of ether oxygens (including phenoxy) is 1. The Balaban J connectivity index is 1.76. The van der Waals surface area contributed by atoms with Gasteiger partial charge in [0.2, 0.25) is 0 Å². The van der Waals surface area contributed by atoms with Crippen molar-refractivity contribution >= 4 is 28.0 Å². The molecule has 0 aliphatic carbocycles. The lowest BCUT2D eigenvalue weighted by Gasteiger charge is -2.40. The Labute approximate surface area is 182 Å². The molecule has 1 aromatic carbocycles. The van der Waals surface area contributed by atoms with E-state index >= 15 is 0 Å². The molecule has 1 aliphatic heterocycles. The van der Waals surface area contributed by atoms with E-state index in [2.05, 4.69) is 5.32 Å². The van der Waals surface area contributed by atoms with E-state index in [9.17, 15) is 33.3 Å². The van der Waals surface area contributed by atoms with Crippen LogP contribution in [-0.2, 0) is 10.9 Å². The molecular weight excluding hydrogens is 455 g/mol. The first kappa shape index (κ1) is 22.7. The van der Waals surface area contributed by atoms with Crippen molar-refractivity contribution in [2.75, 3.05) is 11.9 Å². The molecule has 0 bridgehead atoms. The molecule has 0 radical (unpaired) electrons. The number of thiophene rings is 1. The highest BCUT2D eigenvalue weighted by Gasteiger charge is 2.44. The third kappa shape index (κ3) is 4.00. The lowest BCUT2D eigenvalue weighted by Crippen LogP contribution is -2.61. The number of hydrogen-bond donors (Lipinski definition) is 5. The van der Waals surface area contributed by atoms with E-state index in [0.29, 0.717) is 0 Å². The monoisotopic (exact) mass is 473 g/mol. The van der Waals surface area contributed by atoms with Crippen molar-refractivity contribution in [1.82, 2.24) is 0 Å². The van der Waals surface area contributed by atoms with Crippen LogP contribution >= 0.6 is 11.3 Å². The number of aliphatic hydroxyl groups excluding tert-OH is 4. The zero-order chi connectivity index (χ0) is 23.2. The molecular formula is C20H18F3NO7S. The molecule has 4 rings (SSSR count). The highest BCUT2D eigenvalue weighted by Crippen LogP contribution is 2.41. The summed E-state index contributed by atoms with van der Waals surface area (Å²) in [6, 6.07) is 5.12. The van der Waals surface area contributed by atoms with Crippen molar-refractivity contribution in [3.05, 3.63) is 51.7 Å². The fourth-order valence-electron chi connectivity index (χ4n) is 3.68. The first-order valence-electron chi connectivity index (χ1n) is 9.41. The molecule has 172 valence electrons. The molecule has 3 heterocycles. The number of halogens is 3. The van der Waals surface area contributed by atoms with Gasteiger partial charge in [-0.1, -0.05) is 6.07 Å². The van der Waals surface area contributed by atoms with Crippen LogP contribution in [0.4, 0.5) is 18.9 Å². The van der Waals surface area contributed by atoms with Gasteiger partial charge in [-0.15, -0.1) is 11.3 Å². The van der Waals surface area contributed by atoms with E-state index in [-0.39, 0.29) is 21.5 Å². The van der Waals surface area contributed by atoms with Gasteiger partial charge >= 0.3 is 11.8 Å². The molecule has 1 fully saturated rings. The molecule has 2 aromatic heterocycles. The Hall–Kier alpha value is -2.48. The minimum absolute atomic E-state index is 0.0963. The average Bonchev–Trinajstić information content (AvgIpc) is 3.26. The van der Waals surface area contributed by atoms with E-state index in [0.717, 1.165) is 23.5 Å². The lowest BCUT2D eigenvalue weighted by molar-refractivity contribution is -0.245. The van der Waals surface area contributed by atoms with Gasteiger partial charge in [-0.2, -0.15) is 13.2 Å². The molecule has 5 atom stereocenters. The SMILES string of the molecule is O=c1oc2cc(NC3[C@H](O)OC(CO)[C@@H](O)[C@@H]3O)ccc2c(C(F)(F)F)c1-c1cccs1. The minimum Gasteiger partial charge on any atom is -0.422 e. The van der Waals surface area contributed by atoms with Crippen LogP contribution in [0, 0.1) is 0 Å². The number of alkyl halides is 3. The predicted molar refractivity (Wildman–Crippen MR) is 108 cm³/mol. The van der Waals surface area contributed by atoms with E-state index in [1.807, 2.05) is 0 Å². The highest BCUT2D eigenvalue weighted by molar-refractivity contribution is 7.13. The maximum absolute atomic E-state index is 13.9. The number of fused-ring (bicyclic) bond motifs is 1. The second-order valence-electron chi connectivity index (χ2n) is 7.22. The van der Waals surface area contributed by atoms with Crippen LogP contribution in [0.1, 0.15) is 5.56 Å². The van der Waals surface area contributed by atoms with Gasteiger partial charge in [-0.05, 0) is 23.6 Å². The van der Waals surface area contributed by atoms with Crippen molar-refractivity contribution < 1.29 is 42.8 Å². The predicted octanol–water partition coefficient (Wildman–Crippen LogP) is 1.75. The van der Waals surface area contributed by atoms with Gasteiger partial charge in [-0.25, -0.2) is 4.79 Å². The van der Waals surface area contributed by atoms with Crippen LogP contribution in [0.3, 0.4) is 0 Å². The summed E-state index contributed by atoms with van der Waals surface area (Å²) in [5.41, 5.74) is -3.13. The van der Waals surface area contributed by atoms with Crippen molar-refractivity contribution in [2.45, 2.75) is 36.8 Å². The topological polar surface area (TPSA) is 132 Å². The number of nitrogens with one attached hydrogen (secondary N) is 1. The number of rotatable bonds is 4. The molecule has 3 aromatic rings. The van der Waals surface area contributed by atoms with Crippen LogP contribution in [0.15, 0.2) is 44.9 Å². The largest absolute Gasteiger partial charge is 0.422 e. The fraction of sp³-hybridized carbons (Fsp3) is 0.350. The van der Waals surface area contributed by atoms with E-state index in [4.69, 9.17) is 14.3 Å². The Kier molecular flexibility index (Phi) is 6.00. The molecule has 1 aliphatic rings. The van der Waals surface area contributed by atoms with Gasteiger partial charge in [0.1, 0.15) is 29.9 Å². The van der Waals surface area contributed by atoms with Gasteiger partial charge in [-0.3, -0.25) is 0 Å². The van der Waals surface area contributed by atoms with Gasteiger partial charge in [0.25, 0.3) is 0 Å². The van der Waals surface area contributed by atoms with Crippen LogP contribution < -0.4 is 10.9 Å². The van der Waals surface area contributed by atoms with Crippen LogP contribution in [0.25, 0.3) is 21.4 Å². The van der Waals surface area contributed by atoms with Crippen LogP contribution in [0.5, 0.6) is 0 Å². The fourth-order valence-corrected chi connectivity index (χ4v) is 4.44. The molecule has 0 spiro atoms. The Morgan fingerprint density at radius 3 is 2.50 bits per heavy atom. The van der Waals surface area contributed by atoms with Gasteiger partial charge < -0.3 is 34.9 Å². The van der Waals surface area contributed by atoms with Crippen molar-refractivity contribution in [3.63, 3.8) is 0 Å². The summed E-state index contributed by atoms with van der Waals surface area (Å²) in [5.74, 6) is 0.